The Bertz CT molecular complexity index is 1090. The molecule has 2 aromatic carbocycles. The van der Waals surface area contributed by atoms with Crippen LogP contribution in [-0.2, 0) is 4.79 Å². The summed E-state index contributed by atoms with van der Waals surface area (Å²) >= 11 is 2.23. The van der Waals surface area contributed by atoms with Gasteiger partial charge in [-0.3, -0.25) is 4.79 Å². The van der Waals surface area contributed by atoms with Crippen molar-refractivity contribution in [2.45, 2.75) is 0 Å². The van der Waals surface area contributed by atoms with Crippen LogP contribution >= 0.6 is 23.1 Å². The third kappa shape index (κ3) is 3.93. The summed E-state index contributed by atoms with van der Waals surface area (Å²) in [5.74, 6) is -1.10. The van der Waals surface area contributed by atoms with Gasteiger partial charge in [0.2, 0.25) is 5.13 Å². The lowest BCUT2D eigenvalue weighted by atomic mass is 10.2. The van der Waals surface area contributed by atoms with Crippen LogP contribution < -0.4 is 5.32 Å². The van der Waals surface area contributed by atoms with Gasteiger partial charge in [-0.05, 0) is 47.7 Å². The molecule has 1 aliphatic rings. The van der Waals surface area contributed by atoms with Gasteiger partial charge in [0, 0.05) is 5.56 Å². The van der Waals surface area contributed by atoms with Crippen LogP contribution in [0, 0.1) is 11.6 Å². The predicted molar refractivity (Wildman–Crippen MR) is 103 cm³/mol. The molecule has 2 heterocycles. The number of carbonyl (C=O) groups excluding carboxylic acids is 1. The molecule has 0 saturated carbocycles. The molecule has 9 heteroatoms. The zero-order chi connectivity index (χ0) is 18.8. The zero-order valence-electron chi connectivity index (χ0n) is 13.5. The Hall–Kier alpha value is -2.91. The molecule has 1 aromatic heterocycles. The molecule has 1 amide bonds. The van der Waals surface area contributed by atoms with Gasteiger partial charge >= 0.3 is 0 Å². The van der Waals surface area contributed by atoms with Gasteiger partial charge in [-0.15, -0.1) is 10.2 Å². The van der Waals surface area contributed by atoms with Crippen LogP contribution in [0.25, 0.3) is 16.6 Å². The third-order valence-corrected chi connectivity index (χ3v) is 5.27. The molecular formula is C18H10F2N4OS2. The number of amidine groups is 1. The summed E-state index contributed by atoms with van der Waals surface area (Å²) < 4.78 is 27.1. The fraction of sp³-hybridized carbons (Fsp3) is 0. The normalized spacial score (nSPS) is 16.9. The number of amides is 1. The van der Waals surface area contributed by atoms with Crippen molar-refractivity contribution < 1.29 is 13.6 Å². The van der Waals surface area contributed by atoms with Gasteiger partial charge in [-0.25, -0.2) is 8.78 Å². The van der Waals surface area contributed by atoms with Crippen LogP contribution in [0.3, 0.4) is 0 Å². The minimum absolute atomic E-state index is 0.294. The molecule has 4 rings (SSSR count). The average Bonchev–Trinajstić information content (AvgIpc) is 3.23. The highest BCUT2D eigenvalue weighted by molar-refractivity contribution is 8.18. The highest BCUT2D eigenvalue weighted by Gasteiger charge is 2.24. The van der Waals surface area contributed by atoms with Crippen molar-refractivity contribution in [3.05, 3.63) is 70.6 Å². The predicted octanol–water partition coefficient (Wildman–Crippen LogP) is 4.37. The number of hydrogen-bond acceptors (Lipinski definition) is 6. The summed E-state index contributed by atoms with van der Waals surface area (Å²) in [4.78, 5) is 16.7. The highest BCUT2D eigenvalue weighted by Crippen LogP contribution is 2.32. The first kappa shape index (κ1) is 17.5. The molecule has 0 bridgehead atoms. The number of thioether (sulfide) groups is 1. The standard InChI is InChI=1S/C18H10F2N4OS2/c19-11-5-3-4-10(8-11)9-14-15(25)21-17(26-14)22-18-24-23-16(27-18)12-6-1-2-7-13(12)20/h1-9H,(H,21,22,24,25). The van der Waals surface area contributed by atoms with Gasteiger partial charge in [0.25, 0.3) is 5.91 Å². The first-order valence-electron chi connectivity index (χ1n) is 7.72. The molecule has 1 aliphatic heterocycles. The Kier molecular flexibility index (Phi) is 4.78. The van der Waals surface area contributed by atoms with Gasteiger partial charge in [0.1, 0.15) is 11.6 Å². The number of carbonyl (C=O) groups is 1. The molecule has 1 saturated heterocycles. The Morgan fingerprint density at radius 2 is 1.93 bits per heavy atom. The van der Waals surface area contributed by atoms with Gasteiger partial charge in [0.15, 0.2) is 10.2 Å². The van der Waals surface area contributed by atoms with E-state index >= 15 is 0 Å². The number of aromatic nitrogens is 2. The monoisotopic (exact) mass is 400 g/mol. The number of halogens is 2. The molecule has 3 aromatic rings. The van der Waals surface area contributed by atoms with Crippen LogP contribution in [0.1, 0.15) is 5.56 Å². The number of benzene rings is 2. The first-order chi connectivity index (χ1) is 13.1. The van der Waals surface area contributed by atoms with Crippen LogP contribution in [0.2, 0.25) is 0 Å². The molecule has 5 nitrogen and oxygen atoms in total. The smallest absolute Gasteiger partial charge is 0.264 e. The maximum Gasteiger partial charge on any atom is 0.264 e. The SMILES string of the molecule is O=C1NC(=Nc2nnc(-c3ccccc3F)s2)SC1=Cc1cccc(F)c1. The summed E-state index contributed by atoms with van der Waals surface area (Å²) in [5.41, 5.74) is 0.919. The lowest BCUT2D eigenvalue weighted by Crippen LogP contribution is -2.19. The van der Waals surface area contributed by atoms with Gasteiger partial charge in [-0.2, -0.15) is 4.99 Å². The lowest BCUT2D eigenvalue weighted by Gasteiger charge is -1.95. The van der Waals surface area contributed by atoms with Crippen molar-refractivity contribution in [1.82, 2.24) is 15.5 Å². The molecule has 0 aliphatic carbocycles. The number of nitrogens with zero attached hydrogens (tertiary/aromatic N) is 3. The van der Waals surface area contributed by atoms with E-state index in [1.54, 1.807) is 36.4 Å². The van der Waals surface area contributed by atoms with Crippen molar-refractivity contribution in [3.8, 4) is 10.6 Å². The molecule has 0 atom stereocenters. The molecule has 1 fully saturated rings. The maximum atomic E-state index is 13.8. The summed E-state index contributed by atoms with van der Waals surface area (Å²) in [6, 6.07) is 12.2. The number of rotatable bonds is 3. The summed E-state index contributed by atoms with van der Waals surface area (Å²) in [6.07, 6.45) is 1.58. The minimum Gasteiger partial charge on any atom is -0.300 e. The van der Waals surface area contributed by atoms with Crippen molar-refractivity contribution in [2.75, 3.05) is 0 Å². The van der Waals surface area contributed by atoms with E-state index in [9.17, 15) is 13.6 Å². The molecule has 134 valence electrons. The van der Waals surface area contributed by atoms with Crippen molar-refractivity contribution in [2.24, 2.45) is 4.99 Å². The molecule has 0 radical (unpaired) electrons. The van der Waals surface area contributed by atoms with Crippen molar-refractivity contribution in [3.63, 3.8) is 0 Å². The Labute approximate surface area is 160 Å². The largest absolute Gasteiger partial charge is 0.300 e. The van der Waals surface area contributed by atoms with Crippen LogP contribution in [0.5, 0.6) is 0 Å². The third-order valence-electron chi connectivity index (χ3n) is 3.51. The second-order valence-corrected chi connectivity index (χ2v) is 7.39. The van der Waals surface area contributed by atoms with E-state index in [2.05, 4.69) is 20.5 Å². The van der Waals surface area contributed by atoms with Gasteiger partial charge in [-0.1, -0.05) is 35.6 Å². The average molecular weight is 400 g/mol. The summed E-state index contributed by atoms with van der Waals surface area (Å²) in [6.45, 7) is 0. The number of nitrogens with one attached hydrogen (secondary N) is 1. The van der Waals surface area contributed by atoms with Crippen molar-refractivity contribution in [1.29, 1.82) is 0 Å². The van der Waals surface area contributed by atoms with Gasteiger partial charge in [0.05, 0.1) is 4.91 Å². The topological polar surface area (TPSA) is 67.2 Å². The Balaban J connectivity index is 1.56. The highest BCUT2D eigenvalue weighted by atomic mass is 32.2. The summed E-state index contributed by atoms with van der Waals surface area (Å²) in [5, 5.41) is 11.5. The van der Waals surface area contributed by atoms with E-state index in [-0.39, 0.29) is 11.7 Å². The Morgan fingerprint density at radius 3 is 2.74 bits per heavy atom. The lowest BCUT2D eigenvalue weighted by molar-refractivity contribution is -0.115. The van der Waals surface area contributed by atoms with E-state index in [0.717, 1.165) is 23.1 Å². The molecular weight excluding hydrogens is 390 g/mol. The molecule has 0 spiro atoms. The minimum atomic E-state index is -0.392. The van der Waals surface area contributed by atoms with Crippen molar-refractivity contribution >= 4 is 45.4 Å². The van der Waals surface area contributed by atoms with Crippen LogP contribution in [0.4, 0.5) is 13.9 Å². The molecule has 0 unspecified atom stereocenters. The first-order valence-corrected chi connectivity index (χ1v) is 9.35. The molecule has 1 N–H and O–H groups in total. The zero-order valence-corrected chi connectivity index (χ0v) is 15.2. The fourth-order valence-electron chi connectivity index (χ4n) is 2.32. The quantitative estimate of drug-likeness (QED) is 0.663. The van der Waals surface area contributed by atoms with E-state index in [1.165, 1.54) is 18.2 Å². The fourth-order valence-corrected chi connectivity index (χ4v) is 3.95. The maximum absolute atomic E-state index is 13.8. The van der Waals surface area contributed by atoms with Crippen LogP contribution in [-0.4, -0.2) is 21.3 Å². The Morgan fingerprint density at radius 1 is 1.07 bits per heavy atom. The van der Waals surface area contributed by atoms with E-state index in [1.807, 2.05) is 0 Å². The molecule has 27 heavy (non-hydrogen) atoms. The van der Waals surface area contributed by atoms with Gasteiger partial charge < -0.3 is 5.32 Å². The van der Waals surface area contributed by atoms with E-state index in [4.69, 9.17) is 0 Å². The second kappa shape index (κ2) is 7.37. The number of aliphatic imine (C=N–C) groups is 1. The summed E-state index contributed by atoms with van der Waals surface area (Å²) in [7, 11) is 0. The van der Waals surface area contributed by atoms with E-state index < -0.39 is 5.82 Å². The van der Waals surface area contributed by atoms with E-state index in [0.29, 0.717) is 31.3 Å². The second-order valence-electron chi connectivity index (χ2n) is 5.41. The van der Waals surface area contributed by atoms with Crippen LogP contribution in [0.15, 0.2) is 58.4 Å². The number of hydrogen-bond donors (Lipinski definition) is 1.